The zero-order valence-electron chi connectivity index (χ0n) is 15.9. The summed E-state index contributed by atoms with van der Waals surface area (Å²) < 4.78 is 0.890. The van der Waals surface area contributed by atoms with Gasteiger partial charge in [0.1, 0.15) is 5.92 Å². The number of carbonyl (C=O) groups is 3. The second-order valence-corrected chi connectivity index (χ2v) is 9.20. The van der Waals surface area contributed by atoms with Gasteiger partial charge in [0.05, 0.1) is 0 Å². The summed E-state index contributed by atoms with van der Waals surface area (Å²) in [6.45, 7) is 2.14. The topological polar surface area (TPSA) is 69.7 Å². The Morgan fingerprint density at radius 1 is 1.24 bits per heavy atom. The first kappa shape index (κ1) is 20.1. The standard InChI is InChI=1S/C21H22BrN3O3S/c22-15-2-1-3-16(12-15)25-10-5-17(21(25)28)20(27)23-8-4-19(26)24-9-6-18-14(13-24)7-11-29-18/h1-3,7,11-12,17H,4-6,8-10,13H2,(H,23,27). The summed E-state index contributed by atoms with van der Waals surface area (Å²) in [5.41, 5.74) is 2.01. The third-order valence-electron chi connectivity index (χ3n) is 5.44. The first-order valence-corrected chi connectivity index (χ1v) is 11.4. The highest BCUT2D eigenvalue weighted by atomic mass is 79.9. The van der Waals surface area contributed by atoms with Gasteiger partial charge in [0.15, 0.2) is 0 Å². The molecule has 2 aliphatic heterocycles. The maximum absolute atomic E-state index is 12.7. The number of thiophene rings is 1. The Morgan fingerprint density at radius 3 is 2.93 bits per heavy atom. The minimum absolute atomic E-state index is 0.0376. The largest absolute Gasteiger partial charge is 0.355 e. The summed E-state index contributed by atoms with van der Waals surface area (Å²) in [4.78, 5) is 42.5. The van der Waals surface area contributed by atoms with E-state index in [9.17, 15) is 14.4 Å². The van der Waals surface area contributed by atoms with E-state index < -0.39 is 5.92 Å². The van der Waals surface area contributed by atoms with Crippen LogP contribution < -0.4 is 10.2 Å². The molecule has 0 radical (unpaired) electrons. The van der Waals surface area contributed by atoms with Crippen molar-refractivity contribution in [1.29, 1.82) is 0 Å². The lowest BCUT2D eigenvalue weighted by atomic mass is 10.1. The van der Waals surface area contributed by atoms with Crippen molar-refractivity contribution in [3.8, 4) is 0 Å². The number of hydrogen-bond donors (Lipinski definition) is 1. The zero-order chi connectivity index (χ0) is 20.4. The highest BCUT2D eigenvalue weighted by Crippen LogP contribution is 2.27. The van der Waals surface area contributed by atoms with E-state index in [4.69, 9.17) is 0 Å². The highest BCUT2D eigenvalue weighted by molar-refractivity contribution is 9.10. The predicted molar refractivity (Wildman–Crippen MR) is 116 cm³/mol. The van der Waals surface area contributed by atoms with Crippen LogP contribution in [0.2, 0.25) is 0 Å². The molecule has 29 heavy (non-hydrogen) atoms. The summed E-state index contributed by atoms with van der Waals surface area (Å²) in [7, 11) is 0. The first-order chi connectivity index (χ1) is 14.0. The fourth-order valence-corrected chi connectivity index (χ4v) is 5.14. The van der Waals surface area contributed by atoms with Crippen molar-refractivity contribution < 1.29 is 14.4 Å². The molecule has 6 nitrogen and oxygen atoms in total. The fraction of sp³-hybridized carbons (Fsp3) is 0.381. The lowest BCUT2D eigenvalue weighted by Crippen LogP contribution is -2.40. The van der Waals surface area contributed by atoms with Crippen molar-refractivity contribution in [2.75, 3.05) is 24.5 Å². The Labute approximate surface area is 182 Å². The van der Waals surface area contributed by atoms with Crippen molar-refractivity contribution in [3.63, 3.8) is 0 Å². The summed E-state index contributed by atoms with van der Waals surface area (Å²) in [6, 6.07) is 9.57. The zero-order valence-corrected chi connectivity index (χ0v) is 18.3. The van der Waals surface area contributed by atoms with Gasteiger partial charge in [-0.25, -0.2) is 0 Å². The van der Waals surface area contributed by atoms with Crippen molar-refractivity contribution in [2.24, 2.45) is 5.92 Å². The number of fused-ring (bicyclic) bond motifs is 1. The number of anilines is 1. The van der Waals surface area contributed by atoms with E-state index >= 15 is 0 Å². The summed E-state index contributed by atoms with van der Waals surface area (Å²) in [5.74, 6) is -1.13. The molecular weight excluding hydrogens is 454 g/mol. The molecule has 8 heteroatoms. The molecule has 0 spiro atoms. The van der Waals surface area contributed by atoms with E-state index in [-0.39, 0.29) is 30.7 Å². The van der Waals surface area contributed by atoms with Gasteiger partial charge in [-0.05, 0) is 48.1 Å². The summed E-state index contributed by atoms with van der Waals surface area (Å²) in [5, 5.41) is 4.85. The lowest BCUT2D eigenvalue weighted by molar-refractivity contribution is -0.132. The predicted octanol–water partition coefficient (Wildman–Crippen LogP) is 2.95. The second kappa shape index (κ2) is 8.67. The van der Waals surface area contributed by atoms with E-state index in [2.05, 4.69) is 32.7 Å². The molecule has 1 unspecified atom stereocenters. The number of nitrogens with one attached hydrogen (secondary N) is 1. The van der Waals surface area contributed by atoms with Gasteiger partial charge in [0, 0.05) is 47.6 Å². The molecule has 0 bridgehead atoms. The Morgan fingerprint density at radius 2 is 2.10 bits per heavy atom. The molecule has 2 aromatic rings. The van der Waals surface area contributed by atoms with E-state index in [0.29, 0.717) is 19.5 Å². The minimum atomic E-state index is -0.688. The third kappa shape index (κ3) is 4.38. The molecule has 1 aromatic carbocycles. The number of rotatable bonds is 5. The van der Waals surface area contributed by atoms with Crippen LogP contribution in [0.1, 0.15) is 23.3 Å². The fourth-order valence-electron chi connectivity index (χ4n) is 3.86. The van der Waals surface area contributed by atoms with Gasteiger partial charge in [-0.2, -0.15) is 0 Å². The quantitative estimate of drug-likeness (QED) is 0.675. The molecular formula is C21H22BrN3O3S. The summed E-state index contributed by atoms with van der Waals surface area (Å²) in [6.07, 6.45) is 1.63. The average Bonchev–Trinajstić information content (AvgIpc) is 3.33. The van der Waals surface area contributed by atoms with Crippen LogP contribution in [-0.4, -0.2) is 42.3 Å². The number of halogens is 1. The van der Waals surface area contributed by atoms with Crippen molar-refractivity contribution >= 4 is 50.7 Å². The van der Waals surface area contributed by atoms with Crippen LogP contribution in [0.3, 0.4) is 0 Å². The van der Waals surface area contributed by atoms with E-state index in [1.807, 2.05) is 29.2 Å². The Kier molecular flexibility index (Phi) is 6.01. The molecule has 0 aliphatic carbocycles. The number of carbonyl (C=O) groups excluding carboxylic acids is 3. The Bertz CT molecular complexity index is 945. The number of amides is 3. The van der Waals surface area contributed by atoms with Gasteiger partial charge in [0.25, 0.3) is 0 Å². The lowest BCUT2D eigenvalue weighted by Gasteiger charge is -2.27. The first-order valence-electron chi connectivity index (χ1n) is 9.70. The molecule has 1 aromatic heterocycles. The van der Waals surface area contributed by atoms with E-state index in [0.717, 1.165) is 23.1 Å². The van der Waals surface area contributed by atoms with Crippen molar-refractivity contribution in [1.82, 2.24) is 10.2 Å². The molecule has 3 amide bonds. The molecule has 1 N–H and O–H groups in total. The molecule has 2 aliphatic rings. The number of benzene rings is 1. The van der Waals surface area contributed by atoms with Gasteiger partial charge >= 0.3 is 0 Å². The smallest absolute Gasteiger partial charge is 0.239 e. The molecule has 152 valence electrons. The van der Waals surface area contributed by atoms with Gasteiger partial charge in [0.2, 0.25) is 17.7 Å². The molecule has 4 rings (SSSR count). The number of hydrogen-bond acceptors (Lipinski definition) is 4. The SMILES string of the molecule is O=C(NCCC(=O)N1CCc2sccc2C1)C1CCN(c2cccc(Br)c2)C1=O. The molecule has 1 atom stereocenters. The van der Waals surface area contributed by atoms with Crippen LogP contribution in [0, 0.1) is 5.92 Å². The van der Waals surface area contributed by atoms with Crippen LogP contribution in [0.25, 0.3) is 0 Å². The van der Waals surface area contributed by atoms with E-state index in [1.54, 1.807) is 16.2 Å². The van der Waals surface area contributed by atoms with E-state index in [1.165, 1.54) is 10.4 Å². The molecule has 1 fully saturated rings. The molecule has 0 saturated carbocycles. The maximum atomic E-state index is 12.7. The Balaban J connectivity index is 1.26. The van der Waals surface area contributed by atoms with Crippen LogP contribution >= 0.6 is 27.3 Å². The Hall–Kier alpha value is -2.19. The summed E-state index contributed by atoms with van der Waals surface area (Å²) >= 11 is 5.15. The van der Waals surface area contributed by atoms with Crippen molar-refractivity contribution in [2.45, 2.75) is 25.8 Å². The normalized spacial score (nSPS) is 18.7. The highest BCUT2D eigenvalue weighted by Gasteiger charge is 2.37. The van der Waals surface area contributed by atoms with Gasteiger partial charge in [-0.3, -0.25) is 14.4 Å². The van der Waals surface area contributed by atoms with Gasteiger partial charge in [-0.15, -0.1) is 11.3 Å². The van der Waals surface area contributed by atoms with Gasteiger partial charge in [-0.1, -0.05) is 22.0 Å². The number of nitrogens with zero attached hydrogens (tertiary/aromatic N) is 2. The second-order valence-electron chi connectivity index (χ2n) is 7.29. The monoisotopic (exact) mass is 475 g/mol. The van der Waals surface area contributed by atoms with Crippen molar-refractivity contribution in [3.05, 3.63) is 50.6 Å². The van der Waals surface area contributed by atoms with Gasteiger partial charge < -0.3 is 15.1 Å². The van der Waals surface area contributed by atoms with Crippen LogP contribution in [0.5, 0.6) is 0 Å². The maximum Gasteiger partial charge on any atom is 0.239 e. The minimum Gasteiger partial charge on any atom is -0.355 e. The molecule has 3 heterocycles. The van der Waals surface area contributed by atoms with Crippen LogP contribution in [0.15, 0.2) is 40.2 Å². The van der Waals surface area contributed by atoms with Crippen LogP contribution in [0.4, 0.5) is 5.69 Å². The molecule has 1 saturated heterocycles. The van der Waals surface area contributed by atoms with Crippen LogP contribution in [-0.2, 0) is 27.3 Å². The average molecular weight is 476 g/mol. The third-order valence-corrected chi connectivity index (χ3v) is 6.96.